The number of alkyl halides is 3. The highest BCUT2D eigenvalue weighted by atomic mass is 79.9. The lowest BCUT2D eigenvalue weighted by Crippen LogP contribution is -2.45. The number of halogens is 4. The Hall–Kier alpha value is -0.600. The SMILES string of the molecule is CC1(CS(=O)(=O)c2cc(Br)ccc2C(F)(F)F)COC1. The van der Waals surface area contributed by atoms with Gasteiger partial charge in [-0.2, -0.15) is 13.2 Å². The molecule has 2 rings (SSSR count). The Morgan fingerprint density at radius 3 is 2.40 bits per heavy atom. The molecule has 112 valence electrons. The zero-order valence-electron chi connectivity index (χ0n) is 10.5. The first kappa shape index (κ1) is 15.8. The predicted octanol–water partition coefficient (Wildman–Crippen LogP) is 3.28. The fraction of sp³-hybridized carbons (Fsp3) is 0.500. The lowest BCUT2D eigenvalue weighted by Gasteiger charge is -2.37. The molecule has 1 saturated heterocycles. The molecule has 1 heterocycles. The molecule has 0 aromatic heterocycles. The van der Waals surface area contributed by atoms with E-state index in [1.165, 1.54) is 6.07 Å². The van der Waals surface area contributed by atoms with Crippen LogP contribution in [0, 0.1) is 5.41 Å². The molecular weight excluding hydrogens is 361 g/mol. The van der Waals surface area contributed by atoms with Gasteiger partial charge in [-0.15, -0.1) is 0 Å². The van der Waals surface area contributed by atoms with Crippen LogP contribution in [0.15, 0.2) is 27.6 Å². The topological polar surface area (TPSA) is 43.4 Å². The molecule has 0 saturated carbocycles. The van der Waals surface area contributed by atoms with Gasteiger partial charge in [0.1, 0.15) is 0 Å². The number of hydrogen-bond acceptors (Lipinski definition) is 3. The van der Waals surface area contributed by atoms with Crippen molar-refractivity contribution in [3.05, 3.63) is 28.2 Å². The molecule has 0 atom stereocenters. The van der Waals surface area contributed by atoms with E-state index in [4.69, 9.17) is 4.74 Å². The van der Waals surface area contributed by atoms with Crippen LogP contribution >= 0.6 is 15.9 Å². The zero-order valence-corrected chi connectivity index (χ0v) is 12.9. The molecule has 1 aliphatic heterocycles. The van der Waals surface area contributed by atoms with E-state index in [2.05, 4.69) is 15.9 Å². The lowest BCUT2D eigenvalue weighted by molar-refractivity contribution is -0.139. The summed E-state index contributed by atoms with van der Waals surface area (Å²) >= 11 is 3.01. The van der Waals surface area contributed by atoms with Crippen LogP contribution in [0.1, 0.15) is 12.5 Å². The van der Waals surface area contributed by atoms with Crippen LogP contribution in [0.3, 0.4) is 0 Å². The fourth-order valence-corrected chi connectivity index (χ4v) is 4.64. The molecule has 1 aromatic rings. The van der Waals surface area contributed by atoms with Gasteiger partial charge >= 0.3 is 6.18 Å². The number of hydrogen-bond donors (Lipinski definition) is 0. The van der Waals surface area contributed by atoms with Gasteiger partial charge in [0.15, 0.2) is 9.84 Å². The lowest BCUT2D eigenvalue weighted by atomic mass is 9.92. The average molecular weight is 373 g/mol. The Kier molecular flexibility index (Phi) is 3.94. The first-order chi connectivity index (χ1) is 9.04. The van der Waals surface area contributed by atoms with Crippen LogP contribution in [0.5, 0.6) is 0 Å². The second-order valence-electron chi connectivity index (χ2n) is 5.20. The van der Waals surface area contributed by atoms with Crippen molar-refractivity contribution in [1.82, 2.24) is 0 Å². The molecule has 1 aliphatic rings. The predicted molar refractivity (Wildman–Crippen MR) is 70.1 cm³/mol. The molecule has 0 bridgehead atoms. The van der Waals surface area contributed by atoms with Gasteiger partial charge in [0, 0.05) is 9.89 Å². The van der Waals surface area contributed by atoms with E-state index < -0.39 is 31.9 Å². The Balaban J connectivity index is 2.47. The van der Waals surface area contributed by atoms with Crippen LogP contribution in [0.25, 0.3) is 0 Å². The summed E-state index contributed by atoms with van der Waals surface area (Å²) in [6.45, 7) is 2.16. The Morgan fingerprint density at radius 2 is 1.95 bits per heavy atom. The van der Waals surface area contributed by atoms with Crippen molar-refractivity contribution in [3.8, 4) is 0 Å². The third-order valence-electron chi connectivity index (χ3n) is 3.02. The van der Waals surface area contributed by atoms with Crippen molar-refractivity contribution in [2.24, 2.45) is 5.41 Å². The molecule has 1 fully saturated rings. The number of benzene rings is 1. The minimum atomic E-state index is -4.71. The van der Waals surface area contributed by atoms with Crippen molar-refractivity contribution in [3.63, 3.8) is 0 Å². The van der Waals surface area contributed by atoms with E-state index in [-0.39, 0.29) is 19.0 Å². The summed E-state index contributed by atoms with van der Waals surface area (Å²) in [7, 11) is -4.05. The summed E-state index contributed by atoms with van der Waals surface area (Å²) in [4.78, 5) is -0.687. The van der Waals surface area contributed by atoms with E-state index >= 15 is 0 Å². The molecule has 1 aromatic carbocycles. The van der Waals surface area contributed by atoms with Gasteiger partial charge in [-0.3, -0.25) is 0 Å². The maximum absolute atomic E-state index is 12.9. The smallest absolute Gasteiger partial charge is 0.380 e. The monoisotopic (exact) mass is 372 g/mol. The summed E-state index contributed by atoms with van der Waals surface area (Å²) < 4.78 is 68.6. The molecule has 0 N–H and O–H groups in total. The van der Waals surface area contributed by atoms with Crippen LogP contribution in [-0.2, 0) is 20.8 Å². The van der Waals surface area contributed by atoms with Gasteiger partial charge in [0.2, 0.25) is 0 Å². The van der Waals surface area contributed by atoms with Gasteiger partial charge in [-0.1, -0.05) is 22.9 Å². The third kappa shape index (κ3) is 3.17. The highest BCUT2D eigenvalue weighted by Gasteiger charge is 2.42. The summed E-state index contributed by atoms with van der Waals surface area (Å²) in [5, 5.41) is 0. The third-order valence-corrected chi connectivity index (χ3v) is 5.60. The summed E-state index contributed by atoms with van der Waals surface area (Å²) in [5.74, 6) is -0.362. The second-order valence-corrected chi connectivity index (χ2v) is 8.07. The molecule has 0 aliphatic carbocycles. The minimum Gasteiger partial charge on any atom is -0.380 e. The van der Waals surface area contributed by atoms with Gasteiger partial charge in [0.25, 0.3) is 0 Å². The fourth-order valence-electron chi connectivity index (χ4n) is 2.06. The standard InChI is InChI=1S/C12H12BrF3O3S/c1-11(5-19-6-11)7-20(17,18)10-4-8(13)2-3-9(10)12(14,15)16/h2-4H,5-7H2,1H3. The van der Waals surface area contributed by atoms with Gasteiger partial charge < -0.3 is 4.74 Å². The van der Waals surface area contributed by atoms with Crippen molar-refractivity contribution in [1.29, 1.82) is 0 Å². The highest BCUT2D eigenvalue weighted by molar-refractivity contribution is 9.10. The van der Waals surface area contributed by atoms with Gasteiger partial charge in [0.05, 0.1) is 29.4 Å². The summed E-state index contributed by atoms with van der Waals surface area (Å²) in [6, 6.07) is 2.95. The van der Waals surface area contributed by atoms with E-state index in [0.717, 1.165) is 12.1 Å². The highest BCUT2D eigenvalue weighted by Crippen LogP contribution is 2.38. The summed E-state index contributed by atoms with van der Waals surface area (Å²) in [5.41, 5.74) is -1.76. The van der Waals surface area contributed by atoms with Crippen LogP contribution in [0.2, 0.25) is 0 Å². The number of sulfone groups is 1. The van der Waals surface area contributed by atoms with E-state index in [9.17, 15) is 21.6 Å². The molecule has 3 nitrogen and oxygen atoms in total. The molecule has 0 radical (unpaired) electrons. The quantitative estimate of drug-likeness (QED) is 0.817. The minimum absolute atomic E-state index is 0.238. The Labute approximate surface area is 123 Å². The normalized spacial score (nSPS) is 18.6. The van der Waals surface area contributed by atoms with E-state index in [0.29, 0.717) is 4.47 Å². The molecular formula is C12H12BrF3O3S. The Bertz CT molecular complexity index is 621. The van der Waals surface area contributed by atoms with Gasteiger partial charge in [-0.05, 0) is 18.2 Å². The van der Waals surface area contributed by atoms with Crippen molar-refractivity contribution in [2.75, 3.05) is 19.0 Å². The number of rotatable bonds is 3. The van der Waals surface area contributed by atoms with Crippen molar-refractivity contribution < 1.29 is 26.3 Å². The maximum atomic E-state index is 12.9. The first-order valence-corrected chi connectivity index (χ1v) is 8.15. The second kappa shape index (κ2) is 4.99. The van der Waals surface area contributed by atoms with E-state index in [1.807, 2.05) is 0 Å². The van der Waals surface area contributed by atoms with E-state index in [1.54, 1.807) is 6.92 Å². The first-order valence-electron chi connectivity index (χ1n) is 5.71. The molecule has 0 unspecified atom stereocenters. The summed E-state index contributed by atoms with van der Waals surface area (Å²) in [6.07, 6.45) is -4.71. The van der Waals surface area contributed by atoms with Crippen LogP contribution < -0.4 is 0 Å². The zero-order chi connectivity index (χ0) is 15.2. The Morgan fingerprint density at radius 1 is 1.35 bits per heavy atom. The van der Waals surface area contributed by atoms with Crippen molar-refractivity contribution >= 4 is 25.8 Å². The van der Waals surface area contributed by atoms with Crippen LogP contribution in [-0.4, -0.2) is 27.4 Å². The molecule has 20 heavy (non-hydrogen) atoms. The van der Waals surface area contributed by atoms with Crippen molar-refractivity contribution in [2.45, 2.75) is 18.0 Å². The maximum Gasteiger partial charge on any atom is 0.417 e. The molecule has 0 spiro atoms. The number of ether oxygens (including phenoxy) is 1. The average Bonchev–Trinajstić information content (AvgIpc) is 2.24. The van der Waals surface area contributed by atoms with Gasteiger partial charge in [-0.25, -0.2) is 8.42 Å². The molecule has 8 heteroatoms. The van der Waals surface area contributed by atoms with Crippen LogP contribution in [0.4, 0.5) is 13.2 Å². The molecule has 0 amide bonds. The largest absolute Gasteiger partial charge is 0.417 e.